The third kappa shape index (κ3) is 3.20. The molecule has 106 valence electrons. The summed E-state index contributed by atoms with van der Waals surface area (Å²) in [5, 5.41) is 11.8. The van der Waals surface area contributed by atoms with Crippen LogP contribution in [0.15, 0.2) is 60.7 Å². The Hall–Kier alpha value is -1.37. The standard InChI is InChI=1S/C17H21O2P/c1-14(2)17(18)13-20(19,15-9-5-3-6-10-15)16-11-7-4-8-12-16/h3-12,14,17-18H,13H2,1-2H3. The summed E-state index contributed by atoms with van der Waals surface area (Å²) in [6.07, 6.45) is -0.278. The smallest absolute Gasteiger partial charge is 0.145 e. The average Bonchev–Trinajstić information content (AvgIpc) is 2.48. The van der Waals surface area contributed by atoms with E-state index in [1.54, 1.807) is 0 Å². The minimum Gasteiger partial charge on any atom is -0.392 e. The van der Waals surface area contributed by atoms with Crippen LogP contribution in [0.4, 0.5) is 0 Å². The normalized spacial score (nSPS) is 13.4. The highest BCUT2D eigenvalue weighted by molar-refractivity contribution is 7.78. The molecule has 0 fully saturated rings. The molecule has 2 aromatic carbocycles. The Kier molecular flexibility index (Phi) is 4.80. The first-order chi connectivity index (χ1) is 9.54. The van der Waals surface area contributed by atoms with Gasteiger partial charge in [0.15, 0.2) is 0 Å². The predicted molar refractivity (Wildman–Crippen MR) is 85.5 cm³/mol. The molecule has 2 aromatic rings. The third-order valence-corrected chi connectivity index (χ3v) is 6.71. The van der Waals surface area contributed by atoms with E-state index < -0.39 is 13.2 Å². The first-order valence-corrected chi connectivity index (χ1v) is 8.81. The Balaban J connectivity index is 2.47. The maximum Gasteiger partial charge on any atom is 0.145 e. The lowest BCUT2D eigenvalue weighted by Crippen LogP contribution is -2.27. The first-order valence-electron chi connectivity index (χ1n) is 6.92. The van der Waals surface area contributed by atoms with Gasteiger partial charge in [0.2, 0.25) is 0 Å². The molecule has 0 amide bonds. The van der Waals surface area contributed by atoms with E-state index in [1.807, 2.05) is 74.5 Å². The van der Waals surface area contributed by atoms with Crippen LogP contribution in [0.3, 0.4) is 0 Å². The van der Waals surface area contributed by atoms with E-state index in [0.717, 1.165) is 10.6 Å². The zero-order valence-corrected chi connectivity index (χ0v) is 12.8. The SMILES string of the molecule is CC(C)C(O)CP(=O)(c1ccccc1)c1ccccc1. The Morgan fingerprint density at radius 1 is 0.900 bits per heavy atom. The molecule has 0 aliphatic heterocycles. The largest absolute Gasteiger partial charge is 0.392 e. The minimum atomic E-state index is -2.78. The van der Waals surface area contributed by atoms with E-state index in [4.69, 9.17) is 0 Å². The number of hydrogen-bond acceptors (Lipinski definition) is 2. The zero-order chi connectivity index (χ0) is 14.6. The highest BCUT2D eigenvalue weighted by Gasteiger charge is 2.30. The molecule has 0 spiro atoms. The molecule has 1 unspecified atom stereocenters. The van der Waals surface area contributed by atoms with E-state index >= 15 is 0 Å². The van der Waals surface area contributed by atoms with Crippen molar-refractivity contribution in [3.8, 4) is 0 Å². The van der Waals surface area contributed by atoms with Crippen molar-refractivity contribution in [1.29, 1.82) is 0 Å². The summed E-state index contributed by atoms with van der Waals surface area (Å²) in [6, 6.07) is 19.0. The van der Waals surface area contributed by atoms with Gasteiger partial charge in [-0.1, -0.05) is 74.5 Å². The van der Waals surface area contributed by atoms with Crippen LogP contribution in [0, 0.1) is 5.92 Å². The van der Waals surface area contributed by atoms with Crippen molar-refractivity contribution in [2.75, 3.05) is 6.16 Å². The number of benzene rings is 2. The minimum absolute atomic E-state index is 0.0933. The van der Waals surface area contributed by atoms with E-state index in [9.17, 15) is 9.67 Å². The Bertz CT molecular complexity index is 535. The molecule has 0 aliphatic rings. The average molecular weight is 288 g/mol. The molecular weight excluding hydrogens is 267 g/mol. The van der Waals surface area contributed by atoms with Crippen molar-refractivity contribution >= 4 is 17.8 Å². The molecule has 1 atom stereocenters. The zero-order valence-electron chi connectivity index (χ0n) is 11.9. The molecule has 20 heavy (non-hydrogen) atoms. The lowest BCUT2D eigenvalue weighted by Gasteiger charge is -2.24. The summed E-state index contributed by atoms with van der Waals surface area (Å²) >= 11 is 0. The fraction of sp³-hybridized carbons (Fsp3) is 0.294. The summed E-state index contributed by atoms with van der Waals surface area (Å²) < 4.78 is 13.6. The van der Waals surface area contributed by atoms with Gasteiger partial charge in [0, 0.05) is 16.8 Å². The van der Waals surface area contributed by atoms with Crippen molar-refractivity contribution in [3.05, 3.63) is 60.7 Å². The Labute approximate surface area is 120 Å². The molecule has 0 saturated heterocycles. The van der Waals surface area contributed by atoms with Gasteiger partial charge in [0.1, 0.15) is 7.14 Å². The summed E-state index contributed by atoms with van der Waals surface area (Å²) in [6.45, 7) is 3.90. The Morgan fingerprint density at radius 2 is 1.30 bits per heavy atom. The fourth-order valence-corrected chi connectivity index (χ4v) is 5.15. The highest BCUT2D eigenvalue weighted by atomic mass is 31.2. The molecule has 2 rings (SSSR count). The molecule has 0 saturated carbocycles. The predicted octanol–water partition coefficient (Wildman–Crippen LogP) is 3.02. The molecule has 3 heteroatoms. The fourth-order valence-electron chi connectivity index (χ4n) is 2.17. The van der Waals surface area contributed by atoms with Gasteiger partial charge in [-0.25, -0.2) is 0 Å². The maximum absolute atomic E-state index is 13.6. The monoisotopic (exact) mass is 288 g/mol. The molecule has 0 radical (unpaired) electrons. The first kappa shape index (κ1) is 15.0. The Morgan fingerprint density at radius 3 is 1.65 bits per heavy atom. The van der Waals surface area contributed by atoms with Crippen LogP contribution in [0.25, 0.3) is 0 Å². The number of aliphatic hydroxyl groups is 1. The second-order valence-corrected chi connectivity index (χ2v) is 8.28. The van der Waals surface area contributed by atoms with Crippen LogP contribution in [-0.2, 0) is 4.57 Å². The van der Waals surface area contributed by atoms with E-state index in [1.165, 1.54) is 0 Å². The van der Waals surface area contributed by atoms with Crippen LogP contribution in [0.1, 0.15) is 13.8 Å². The van der Waals surface area contributed by atoms with Crippen LogP contribution in [-0.4, -0.2) is 17.4 Å². The second-order valence-electron chi connectivity index (χ2n) is 5.40. The van der Waals surface area contributed by atoms with Gasteiger partial charge in [0.25, 0.3) is 0 Å². The van der Waals surface area contributed by atoms with E-state index in [0.29, 0.717) is 6.16 Å². The molecule has 0 aromatic heterocycles. The molecule has 0 heterocycles. The van der Waals surface area contributed by atoms with Crippen molar-refractivity contribution in [2.24, 2.45) is 5.92 Å². The van der Waals surface area contributed by atoms with Crippen LogP contribution < -0.4 is 10.6 Å². The number of rotatable bonds is 5. The molecule has 0 bridgehead atoms. The van der Waals surface area contributed by atoms with Crippen LogP contribution in [0.5, 0.6) is 0 Å². The molecule has 0 aliphatic carbocycles. The lowest BCUT2D eigenvalue weighted by molar-refractivity contribution is 0.147. The summed E-state index contributed by atoms with van der Waals surface area (Å²) in [5.41, 5.74) is 0. The molecule has 2 nitrogen and oxygen atoms in total. The maximum atomic E-state index is 13.6. The van der Waals surface area contributed by atoms with Gasteiger partial charge in [-0.05, 0) is 5.92 Å². The molecule has 1 N–H and O–H groups in total. The summed E-state index contributed by atoms with van der Waals surface area (Å²) in [4.78, 5) is 0. The van der Waals surface area contributed by atoms with Crippen molar-refractivity contribution in [3.63, 3.8) is 0 Å². The number of hydrogen-bond donors (Lipinski definition) is 1. The topological polar surface area (TPSA) is 37.3 Å². The van der Waals surface area contributed by atoms with Crippen molar-refractivity contribution < 1.29 is 9.67 Å². The quantitative estimate of drug-likeness (QED) is 0.859. The van der Waals surface area contributed by atoms with Crippen LogP contribution >= 0.6 is 7.14 Å². The van der Waals surface area contributed by atoms with Crippen molar-refractivity contribution in [1.82, 2.24) is 0 Å². The number of aliphatic hydroxyl groups excluding tert-OH is 1. The third-order valence-electron chi connectivity index (χ3n) is 3.56. The van der Waals surface area contributed by atoms with E-state index in [2.05, 4.69) is 0 Å². The van der Waals surface area contributed by atoms with Gasteiger partial charge in [0.05, 0.1) is 6.10 Å². The van der Waals surface area contributed by atoms with Crippen LogP contribution in [0.2, 0.25) is 0 Å². The van der Waals surface area contributed by atoms with Gasteiger partial charge in [-0.3, -0.25) is 0 Å². The second kappa shape index (κ2) is 6.39. The highest BCUT2D eigenvalue weighted by Crippen LogP contribution is 2.44. The van der Waals surface area contributed by atoms with Gasteiger partial charge < -0.3 is 9.67 Å². The van der Waals surface area contributed by atoms with Gasteiger partial charge >= 0.3 is 0 Å². The van der Waals surface area contributed by atoms with Gasteiger partial charge in [-0.15, -0.1) is 0 Å². The van der Waals surface area contributed by atoms with E-state index in [-0.39, 0.29) is 5.92 Å². The summed E-state index contributed by atoms with van der Waals surface area (Å²) in [7, 11) is -2.78. The van der Waals surface area contributed by atoms with Crippen molar-refractivity contribution in [2.45, 2.75) is 20.0 Å². The summed E-state index contributed by atoms with van der Waals surface area (Å²) in [5.74, 6) is 0.0933. The lowest BCUT2D eigenvalue weighted by atomic mass is 10.1. The van der Waals surface area contributed by atoms with Gasteiger partial charge in [-0.2, -0.15) is 0 Å². The molecular formula is C17H21O2P.